The van der Waals surface area contributed by atoms with E-state index in [2.05, 4.69) is 0 Å². The number of nitrogens with zero attached hydrogens (tertiary/aromatic N) is 1. The van der Waals surface area contributed by atoms with Gasteiger partial charge in [-0.25, -0.2) is 8.42 Å². The maximum Gasteiger partial charge on any atom is 0.235 e. The minimum atomic E-state index is -3.35. The fourth-order valence-electron chi connectivity index (χ4n) is 2.30. The second-order valence-electron chi connectivity index (χ2n) is 4.60. The number of fused-ring (bicyclic) bond motifs is 1. The van der Waals surface area contributed by atoms with Crippen molar-refractivity contribution >= 4 is 15.7 Å². The van der Waals surface area contributed by atoms with E-state index >= 15 is 0 Å². The van der Waals surface area contributed by atoms with E-state index in [0.29, 0.717) is 37.2 Å². The van der Waals surface area contributed by atoms with Crippen molar-refractivity contribution in [2.45, 2.75) is 18.9 Å². The van der Waals surface area contributed by atoms with Crippen LogP contribution in [0.2, 0.25) is 0 Å². The Balaban J connectivity index is 2.24. The minimum Gasteiger partial charge on any atom is -0.388 e. The molecule has 0 spiro atoms. The Kier molecular flexibility index (Phi) is 4.44. The first-order valence-corrected chi connectivity index (χ1v) is 7.93. The fourth-order valence-corrected chi connectivity index (χ4v) is 3.85. The molecule has 0 aliphatic carbocycles. The predicted molar refractivity (Wildman–Crippen MR) is 73.6 cm³/mol. The van der Waals surface area contributed by atoms with E-state index in [1.807, 2.05) is 6.07 Å². The van der Waals surface area contributed by atoms with Crippen LogP contribution < -0.4 is 4.31 Å². The molecule has 1 aliphatic heterocycles. The molecule has 0 radical (unpaired) electrons. The average Bonchev–Trinajstić information content (AvgIpc) is 2.39. The van der Waals surface area contributed by atoms with Crippen molar-refractivity contribution in [1.29, 1.82) is 0 Å². The number of anilines is 1. The maximum atomic E-state index is 12.3. The first-order chi connectivity index (χ1) is 9.06. The molecule has 1 unspecified atom stereocenters. The summed E-state index contributed by atoms with van der Waals surface area (Å²) in [5.41, 5.74) is 1.28. The third-order valence-electron chi connectivity index (χ3n) is 3.26. The smallest absolute Gasteiger partial charge is 0.235 e. The van der Waals surface area contributed by atoms with Gasteiger partial charge in [-0.15, -0.1) is 0 Å². The number of hydrogen-bond acceptors (Lipinski definition) is 4. The lowest BCUT2D eigenvalue weighted by molar-refractivity contribution is 0.166. The van der Waals surface area contributed by atoms with E-state index < -0.39 is 16.1 Å². The van der Waals surface area contributed by atoms with E-state index in [1.165, 1.54) is 4.31 Å². The summed E-state index contributed by atoms with van der Waals surface area (Å²) >= 11 is 0. The zero-order chi connectivity index (χ0) is 13.9. The van der Waals surface area contributed by atoms with E-state index in [1.54, 1.807) is 25.3 Å². The Bertz CT molecular complexity index is 529. The van der Waals surface area contributed by atoms with Crippen molar-refractivity contribution in [2.75, 3.05) is 30.3 Å². The Hall–Kier alpha value is -1.11. The number of rotatable bonds is 5. The van der Waals surface area contributed by atoms with Crippen LogP contribution >= 0.6 is 0 Å². The Labute approximate surface area is 113 Å². The number of benzene rings is 1. The summed E-state index contributed by atoms with van der Waals surface area (Å²) in [5.74, 6) is 0.0608. The highest BCUT2D eigenvalue weighted by molar-refractivity contribution is 7.92. The molecule has 0 fully saturated rings. The highest BCUT2D eigenvalue weighted by Crippen LogP contribution is 2.35. The molecule has 1 aromatic carbocycles. The number of aliphatic hydroxyl groups is 1. The van der Waals surface area contributed by atoms with Gasteiger partial charge in [-0.2, -0.15) is 0 Å². The number of para-hydroxylation sites is 1. The van der Waals surface area contributed by atoms with Gasteiger partial charge in [0.05, 0.1) is 17.5 Å². The van der Waals surface area contributed by atoms with Gasteiger partial charge >= 0.3 is 0 Å². The SMILES string of the molecule is COCCCS(=O)(=O)N1CCC(O)c2ccccc21. The van der Waals surface area contributed by atoms with Crippen molar-refractivity contribution in [2.24, 2.45) is 0 Å². The van der Waals surface area contributed by atoms with Crippen LogP contribution in [0.15, 0.2) is 24.3 Å². The third kappa shape index (κ3) is 3.08. The fraction of sp³-hybridized carbons (Fsp3) is 0.538. The van der Waals surface area contributed by atoms with Gasteiger partial charge in [-0.05, 0) is 18.9 Å². The molecule has 0 amide bonds. The van der Waals surface area contributed by atoms with Crippen LogP contribution in [0.4, 0.5) is 5.69 Å². The quantitative estimate of drug-likeness (QED) is 0.828. The number of methoxy groups -OCH3 is 1. The van der Waals surface area contributed by atoms with E-state index in [4.69, 9.17) is 4.74 Å². The van der Waals surface area contributed by atoms with Crippen molar-refractivity contribution in [3.05, 3.63) is 29.8 Å². The van der Waals surface area contributed by atoms with E-state index in [-0.39, 0.29) is 5.75 Å². The molecule has 106 valence electrons. The zero-order valence-electron chi connectivity index (χ0n) is 10.9. The van der Waals surface area contributed by atoms with Crippen LogP contribution in [-0.4, -0.2) is 39.5 Å². The Morgan fingerprint density at radius 1 is 1.42 bits per heavy atom. The summed E-state index contributed by atoms with van der Waals surface area (Å²) in [4.78, 5) is 0. The molecule has 1 heterocycles. The molecule has 0 bridgehead atoms. The minimum absolute atomic E-state index is 0.0608. The van der Waals surface area contributed by atoms with Gasteiger partial charge in [0, 0.05) is 25.8 Å². The van der Waals surface area contributed by atoms with Gasteiger partial charge in [0.15, 0.2) is 0 Å². The lowest BCUT2D eigenvalue weighted by Gasteiger charge is -2.32. The van der Waals surface area contributed by atoms with Gasteiger partial charge in [0.1, 0.15) is 0 Å². The topological polar surface area (TPSA) is 66.8 Å². The van der Waals surface area contributed by atoms with Crippen LogP contribution in [0.5, 0.6) is 0 Å². The highest BCUT2D eigenvalue weighted by Gasteiger charge is 2.30. The van der Waals surface area contributed by atoms with Gasteiger partial charge in [-0.1, -0.05) is 18.2 Å². The number of sulfonamides is 1. The molecule has 5 nitrogen and oxygen atoms in total. The van der Waals surface area contributed by atoms with Gasteiger partial charge in [0.25, 0.3) is 0 Å². The molecule has 0 aromatic heterocycles. The van der Waals surface area contributed by atoms with E-state index in [9.17, 15) is 13.5 Å². The van der Waals surface area contributed by atoms with Gasteiger partial charge in [-0.3, -0.25) is 4.31 Å². The standard InChI is InChI=1S/C13H19NO4S/c1-18-9-4-10-19(16,17)14-8-7-13(15)11-5-2-3-6-12(11)14/h2-3,5-6,13,15H,4,7-10H2,1H3. The molecule has 0 saturated heterocycles. The summed E-state index contributed by atoms with van der Waals surface area (Å²) < 4.78 is 30.9. The van der Waals surface area contributed by atoms with Crippen molar-refractivity contribution < 1.29 is 18.3 Å². The van der Waals surface area contributed by atoms with Crippen molar-refractivity contribution in [3.63, 3.8) is 0 Å². The van der Waals surface area contributed by atoms with Crippen LogP contribution in [0.3, 0.4) is 0 Å². The van der Waals surface area contributed by atoms with Gasteiger partial charge < -0.3 is 9.84 Å². The summed E-state index contributed by atoms with van der Waals surface area (Å²) in [6.07, 6.45) is 0.322. The van der Waals surface area contributed by atoms with Crippen molar-refractivity contribution in [3.8, 4) is 0 Å². The number of ether oxygens (including phenoxy) is 1. The Morgan fingerprint density at radius 2 is 2.16 bits per heavy atom. The monoisotopic (exact) mass is 285 g/mol. The zero-order valence-corrected chi connectivity index (χ0v) is 11.8. The van der Waals surface area contributed by atoms with Crippen LogP contribution in [-0.2, 0) is 14.8 Å². The summed E-state index contributed by atoms with van der Waals surface area (Å²) in [6, 6.07) is 7.11. The first-order valence-electron chi connectivity index (χ1n) is 6.32. The van der Waals surface area contributed by atoms with Crippen LogP contribution in [0.1, 0.15) is 24.5 Å². The molecule has 1 aromatic rings. The normalized spacial score (nSPS) is 19.3. The molecule has 6 heteroatoms. The molecule has 1 N–H and O–H groups in total. The summed E-state index contributed by atoms with van der Waals surface area (Å²) in [6.45, 7) is 0.755. The highest BCUT2D eigenvalue weighted by atomic mass is 32.2. The number of hydrogen-bond donors (Lipinski definition) is 1. The van der Waals surface area contributed by atoms with Crippen LogP contribution in [0, 0.1) is 0 Å². The van der Waals surface area contributed by atoms with Crippen LogP contribution in [0.25, 0.3) is 0 Å². The predicted octanol–water partition coefficient (Wildman–Crippen LogP) is 1.30. The van der Waals surface area contributed by atoms with E-state index in [0.717, 1.165) is 0 Å². The summed E-state index contributed by atoms with van der Waals surface area (Å²) in [7, 11) is -1.80. The second kappa shape index (κ2) is 5.90. The molecule has 0 saturated carbocycles. The largest absolute Gasteiger partial charge is 0.388 e. The summed E-state index contributed by atoms with van der Waals surface area (Å²) in [5, 5.41) is 9.92. The molecule has 19 heavy (non-hydrogen) atoms. The molecule has 1 atom stereocenters. The lowest BCUT2D eigenvalue weighted by atomic mass is 10.0. The number of aliphatic hydroxyl groups excluding tert-OH is 1. The maximum absolute atomic E-state index is 12.3. The average molecular weight is 285 g/mol. The first kappa shape index (κ1) is 14.3. The molecule has 2 rings (SSSR count). The van der Waals surface area contributed by atoms with Crippen molar-refractivity contribution in [1.82, 2.24) is 0 Å². The third-order valence-corrected chi connectivity index (χ3v) is 5.11. The molecule has 1 aliphatic rings. The Morgan fingerprint density at radius 3 is 2.89 bits per heavy atom. The molecular formula is C13H19NO4S. The lowest BCUT2D eigenvalue weighted by Crippen LogP contribution is -2.38. The van der Waals surface area contributed by atoms with Gasteiger partial charge in [0.2, 0.25) is 10.0 Å². The molecular weight excluding hydrogens is 266 g/mol. The second-order valence-corrected chi connectivity index (χ2v) is 6.61.